The molecule has 0 bridgehead atoms. The van der Waals surface area contributed by atoms with E-state index in [1.54, 1.807) is 6.07 Å². The van der Waals surface area contributed by atoms with Crippen molar-refractivity contribution in [2.24, 2.45) is 5.41 Å². The highest BCUT2D eigenvalue weighted by Crippen LogP contribution is 2.24. The first-order valence-corrected chi connectivity index (χ1v) is 4.95. The van der Waals surface area contributed by atoms with Gasteiger partial charge in [0.25, 0.3) is 0 Å². The molecule has 0 aromatic heterocycles. The first kappa shape index (κ1) is 11.3. The summed E-state index contributed by atoms with van der Waals surface area (Å²) < 4.78 is 12.9. The highest BCUT2D eigenvalue weighted by molar-refractivity contribution is 6.33. The van der Waals surface area contributed by atoms with Crippen molar-refractivity contribution in [3.63, 3.8) is 0 Å². The number of rotatable bonds is 2. The lowest BCUT2D eigenvalue weighted by Crippen LogP contribution is -2.19. The highest BCUT2D eigenvalue weighted by atomic mass is 35.5. The predicted molar refractivity (Wildman–Crippen MR) is 59.4 cm³/mol. The normalized spacial score (nSPS) is 11.5. The van der Waals surface area contributed by atoms with Gasteiger partial charge >= 0.3 is 0 Å². The zero-order valence-electron chi connectivity index (χ0n) is 8.70. The molecule has 0 aliphatic rings. The van der Waals surface area contributed by atoms with E-state index in [2.05, 4.69) is 26.1 Å². The second-order valence-corrected chi connectivity index (χ2v) is 4.95. The fraction of sp³-hybridized carbons (Fsp3) is 0.455. The molecular weight excluding hydrogens is 201 g/mol. The van der Waals surface area contributed by atoms with E-state index in [1.807, 2.05) is 0 Å². The molecule has 0 unspecified atom stereocenters. The second kappa shape index (κ2) is 4.18. The fourth-order valence-corrected chi connectivity index (χ4v) is 1.18. The number of benzene rings is 1. The van der Waals surface area contributed by atoms with Crippen molar-refractivity contribution in [2.45, 2.75) is 20.8 Å². The van der Waals surface area contributed by atoms with Crippen LogP contribution in [0.25, 0.3) is 0 Å². The molecule has 78 valence electrons. The minimum atomic E-state index is -0.272. The molecule has 14 heavy (non-hydrogen) atoms. The maximum Gasteiger partial charge on any atom is 0.125 e. The number of halogens is 2. The third-order valence-electron chi connectivity index (χ3n) is 1.74. The molecule has 1 aromatic rings. The van der Waals surface area contributed by atoms with Crippen molar-refractivity contribution in [1.29, 1.82) is 0 Å². The molecule has 0 radical (unpaired) electrons. The number of nitrogens with one attached hydrogen (secondary N) is 1. The summed E-state index contributed by atoms with van der Waals surface area (Å²) in [6, 6.07) is 4.32. The summed E-state index contributed by atoms with van der Waals surface area (Å²) in [5.74, 6) is -0.272. The van der Waals surface area contributed by atoms with Crippen LogP contribution in [0.1, 0.15) is 20.8 Å². The van der Waals surface area contributed by atoms with Crippen molar-refractivity contribution in [1.82, 2.24) is 0 Å². The number of hydrogen-bond acceptors (Lipinski definition) is 1. The van der Waals surface area contributed by atoms with Crippen LogP contribution in [0.2, 0.25) is 5.02 Å². The van der Waals surface area contributed by atoms with Gasteiger partial charge < -0.3 is 5.32 Å². The van der Waals surface area contributed by atoms with Crippen molar-refractivity contribution in [3.05, 3.63) is 29.0 Å². The Balaban J connectivity index is 2.72. The Labute approximate surface area is 89.3 Å². The molecule has 0 aliphatic heterocycles. The molecular formula is C11H15ClFN. The standard InChI is InChI=1S/C11H15ClFN/c1-11(2,3)7-14-10-6-8(13)4-5-9(10)12/h4-6,14H,7H2,1-3H3. The molecule has 1 nitrogen and oxygen atoms in total. The van der Waals surface area contributed by atoms with Gasteiger partial charge in [-0.15, -0.1) is 0 Å². The molecule has 3 heteroatoms. The molecule has 1 aromatic carbocycles. The third kappa shape index (κ3) is 3.54. The molecule has 1 rings (SSSR count). The van der Waals surface area contributed by atoms with Crippen molar-refractivity contribution < 1.29 is 4.39 Å². The van der Waals surface area contributed by atoms with E-state index in [-0.39, 0.29) is 11.2 Å². The van der Waals surface area contributed by atoms with Crippen LogP contribution in [-0.4, -0.2) is 6.54 Å². The monoisotopic (exact) mass is 215 g/mol. The molecule has 0 saturated carbocycles. The SMILES string of the molecule is CC(C)(C)CNc1cc(F)ccc1Cl. The predicted octanol–water partition coefficient (Wildman–Crippen LogP) is 3.94. The molecule has 0 atom stereocenters. The van der Waals surface area contributed by atoms with Gasteiger partial charge in [0.1, 0.15) is 5.82 Å². The largest absolute Gasteiger partial charge is 0.383 e. The van der Waals surface area contributed by atoms with Crippen LogP contribution in [0.4, 0.5) is 10.1 Å². The van der Waals surface area contributed by atoms with Crippen LogP contribution in [0.5, 0.6) is 0 Å². The maximum atomic E-state index is 12.9. The quantitative estimate of drug-likeness (QED) is 0.788. The maximum absolute atomic E-state index is 12.9. The average Bonchev–Trinajstić information content (AvgIpc) is 2.05. The van der Waals surface area contributed by atoms with E-state index in [1.165, 1.54) is 12.1 Å². The van der Waals surface area contributed by atoms with Gasteiger partial charge in [0, 0.05) is 6.54 Å². The molecule has 0 amide bonds. The molecule has 0 fully saturated rings. The molecule has 0 spiro atoms. The van der Waals surface area contributed by atoms with Crippen LogP contribution >= 0.6 is 11.6 Å². The summed E-state index contributed by atoms with van der Waals surface area (Å²) >= 11 is 5.90. The van der Waals surface area contributed by atoms with Gasteiger partial charge in [0.2, 0.25) is 0 Å². The highest BCUT2D eigenvalue weighted by Gasteiger charge is 2.10. The van der Waals surface area contributed by atoms with Crippen LogP contribution in [0.3, 0.4) is 0 Å². The topological polar surface area (TPSA) is 12.0 Å². The Hall–Kier alpha value is -0.760. The summed E-state index contributed by atoms with van der Waals surface area (Å²) in [5.41, 5.74) is 0.803. The minimum Gasteiger partial charge on any atom is -0.383 e. The number of hydrogen-bond donors (Lipinski definition) is 1. The van der Waals surface area contributed by atoms with Gasteiger partial charge in [-0.2, -0.15) is 0 Å². The van der Waals surface area contributed by atoms with Gasteiger partial charge in [-0.3, -0.25) is 0 Å². The van der Waals surface area contributed by atoms with E-state index < -0.39 is 0 Å². The van der Waals surface area contributed by atoms with Crippen molar-refractivity contribution >= 4 is 17.3 Å². The van der Waals surface area contributed by atoms with Crippen LogP contribution in [-0.2, 0) is 0 Å². The van der Waals surface area contributed by atoms with Gasteiger partial charge in [-0.05, 0) is 23.6 Å². The number of anilines is 1. The minimum absolute atomic E-state index is 0.148. The van der Waals surface area contributed by atoms with E-state index in [4.69, 9.17) is 11.6 Å². The summed E-state index contributed by atoms with van der Waals surface area (Å²) in [4.78, 5) is 0. The van der Waals surface area contributed by atoms with E-state index in [9.17, 15) is 4.39 Å². The van der Waals surface area contributed by atoms with Crippen molar-refractivity contribution in [3.8, 4) is 0 Å². The molecule has 1 N–H and O–H groups in total. The third-order valence-corrected chi connectivity index (χ3v) is 2.07. The van der Waals surface area contributed by atoms with Crippen molar-refractivity contribution in [2.75, 3.05) is 11.9 Å². The molecule has 0 saturated heterocycles. The Kier molecular flexibility index (Phi) is 3.38. The lowest BCUT2D eigenvalue weighted by Gasteiger charge is -2.20. The summed E-state index contributed by atoms with van der Waals surface area (Å²) in [5, 5.41) is 3.67. The van der Waals surface area contributed by atoms with Gasteiger partial charge in [-0.25, -0.2) is 4.39 Å². The zero-order chi connectivity index (χ0) is 10.8. The molecule has 0 heterocycles. The van der Waals surface area contributed by atoms with E-state index in [0.29, 0.717) is 10.7 Å². The Morgan fingerprint density at radius 1 is 1.36 bits per heavy atom. The van der Waals surface area contributed by atoms with E-state index in [0.717, 1.165) is 6.54 Å². The van der Waals surface area contributed by atoms with Crippen LogP contribution in [0.15, 0.2) is 18.2 Å². The smallest absolute Gasteiger partial charge is 0.125 e. The van der Waals surface area contributed by atoms with E-state index >= 15 is 0 Å². The summed E-state index contributed by atoms with van der Waals surface area (Å²) in [6.07, 6.45) is 0. The average molecular weight is 216 g/mol. The Bertz CT molecular complexity index is 318. The lowest BCUT2D eigenvalue weighted by atomic mass is 9.97. The van der Waals surface area contributed by atoms with Gasteiger partial charge in [0.05, 0.1) is 10.7 Å². The fourth-order valence-electron chi connectivity index (χ4n) is 0.993. The summed E-state index contributed by atoms with van der Waals surface area (Å²) in [7, 11) is 0. The van der Waals surface area contributed by atoms with Gasteiger partial charge in [0.15, 0.2) is 0 Å². The Morgan fingerprint density at radius 3 is 2.57 bits per heavy atom. The van der Waals surface area contributed by atoms with Crippen LogP contribution < -0.4 is 5.32 Å². The second-order valence-electron chi connectivity index (χ2n) is 4.54. The van der Waals surface area contributed by atoms with Gasteiger partial charge in [-0.1, -0.05) is 32.4 Å². The zero-order valence-corrected chi connectivity index (χ0v) is 9.45. The Morgan fingerprint density at radius 2 is 2.00 bits per heavy atom. The first-order chi connectivity index (χ1) is 6.38. The lowest BCUT2D eigenvalue weighted by molar-refractivity contribution is 0.443. The van der Waals surface area contributed by atoms with Crippen LogP contribution in [0, 0.1) is 11.2 Å². The molecule has 0 aliphatic carbocycles. The first-order valence-electron chi connectivity index (χ1n) is 4.57. The summed E-state index contributed by atoms with van der Waals surface area (Å²) in [6.45, 7) is 7.07.